The monoisotopic (exact) mass is 555 g/mol. The normalized spacial score (nSPS) is 18.3. The van der Waals surface area contributed by atoms with Crippen LogP contribution < -0.4 is 10.6 Å². The van der Waals surface area contributed by atoms with E-state index >= 15 is 0 Å². The lowest BCUT2D eigenvalue weighted by atomic mass is 9.84. The first-order valence-electron chi connectivity index (χ1n) is 11.5. The lowest BCUT2D eigenvalue weighted by Crippen LogP contribution is -2.42. The highest BCUT2D eigenvalue weighted by Gasteiger charge is 2.32. The van der Waals surface area contributed by atoms with E-state index in [9.17, 15) is 14.4 Å². The summed E-state index contributed by atoms with van der Waals surface area (Å²) in [5.41, 5.74) is 1.64. The molecule has 0 bridgehead atoms. The molecule has 0 aliphatic heterocycles. The number of aromatic nitrogens is 3. The zero-order valence-electron chi connectivity index (χ0n) is 20.9. The third-order valence-electron chi connectivity index (χ3n) is 6.29. The van der Waals surface area contributed by atoms with Crippen LogP contribution in [0.3, 0.4) is 0 Å². The van der Waals surface area contributed by atoms with Gasteiger partial charge in [0.05, 0.1) is 17.0 Å². The summed E-state index contributed by atoms with van der Waals surface area (Å²) in [6, 6.07) is -0.0564. The number of carbonyl (C=O) groups is 3. The van der Waals surface area contributed by atoms with E-state index in [1.165, 1.54) is 17.9 Å². The molecule has 196 valence electrons. The number of carbonyl (C=O) groups excluding carboxylic acids is 3. The zero-order chi connectivity index (χ0) is 26.6. The van der Waals surface area contributed by atoms with Gasteiger partial charge in [-0.05, 0) is 56.6 Å². The summed E-state index contributed by atoms with van der Waals surface area (Å²) in [6.45, 7) is 3.83. The van der Waals surface area contributed by atoms with Crippen molar-refractivity contribution in [2.24, 2.45) is 5.92 Å². The van der Waals surface area contributed by atoms with Gasteiger partial charge >= 0.3 is 0 Å². The molecule has 0 spiro atoms. The van der Waals surface area contributed by atoms with Crippen LogP contribution in [0, 0.1) is 12.8 Å². The van der Waals surface area contributed by atoms with Gasteiger partial charge in [0.2, 0.25) is 5.91 Å². The number of aromatic amines is 1. The third kappa shape index (κ3) is 6.37. The Hall–Kier alpha value is -2.63. The molecule has 10 nitrogen and oxygen atoms in total. The van der Waals surface area contributed by atoms with Gasteiger partial charge in [0.15, 0.2) is 5.69 Å². The minimum atomic E-state index is -0.465. The molecule has 1 aliphatic carbocycles. The average molecular weight is 557 g/mol. The summed E-state index contributed by atoms with van der Waals surface area (Å²) >= 11 is 13.5. The second kappa shape index (κ2) is 12.1. The van der Waals surface area contributed by atoms with Gasteiger partial charge in [-0.3, -0.25) is 14.4 Å². The predicted molar refractivity (Wildman–Crippen MR) is 141 cm³/mol. The second-order valence-electron chi connectivity index (χ2n) is 9.10. The van der Waals surface area contributed by atoms with Crippen LogP contribution in [0.15, 0.2) is 17.1 Å². The molecule has 13 heteroatoms. The molecule has 1 aliphatic rings. The Labute approximate surface area is 224 Å². The number of anilines is 1. The van der Waals surface area contributed by atoms with Gasteiger partial charge in [0.1, 0.15) is 15.9 Å². The number of halogens is 2. The molecule has 3 amide bonds. The quantitative estimate of drug-likeness (QED) is 0.425. The third-order valence-corrected chi connectivity index (χ3v) is 8.38. The molecule has 0 aromatic carbocycles. The summed E-state index contributed by atoms with van der Waals surface area (Å²) in [6.07, 6.45) is 3.94. The summed E-state index contributed by atoms with van der Waals surface area (Å²) in [5, 5.41) is 7.20. The van der Waals surface area contributed by atoms with Gasteiger partial charge in [-0.25, -0.2) is 4.98 Å². The minimum Gasteiger partial charge on any atom is -0.368 e. The molecule has 3 rings (SSSR count). The fraction of sp³-hybridized carbons (Fsp3) is 0.522. The highest BCUT2D eigenvalue weighted by molar-refractivity contribution is 7.11. The maximum Gasteiger partial charge on any atom is 0.272 e. The summed E-state index contributed by atoms with van der Waals surface area (Å²) < 4.78 is 4.15. The van der Waals surface area contributed by atoms with E-state index in [0.717, 1.165) is 5.57 Å². The molecule has 36 heavy (non-hydrogen) atoms. The van der Waals surface area contributed by atoms with Gasteiger partial charge in [-0.1, -0.05) is 23.2 Å². The summed E-state index contributed by atoms with van der Waals surface area (Å²) in [4.78, 5) is 48.8. The lowest BCUT2D eigenvalue weighted by molar-refractivity contribution is -0.121. The Kier molecular flexibility index (Phi) is 9.37. The van der Waals surface area contributed by atoms with Gasteiger partial charge in [-0.2, -0.15) is 4.37 Å². The molecular weight excluding hydrogens is 525 g/mol. The van der Waals surface area contributed by atoms with Crippen molar-refractivity contribution in [1.82, 2.24) is 29.5 Å². The SMILES string of the molecule is CC(CNC(=O)c1nc[nH]c1C(=O)N(C)C1CCC(C(=O)Nc2snc(C)c2Cl)CC1)=C(Cl)N(C)C. The Morgan fingerprint density at radius 3 is 2.44 bits per heavy atom. The number of hydrogen-bond acceptors (Lipinski definition) is 7. The van der Waals surface area contributed by atoms with Crippen molar-refractivity contribution in [3.63, 3.8) is 0 Å². The molecule has 0 saturated heterocycles. The fourth-order valence-corrected chi connectivity index (χ4v) is 5.10. The molecular formula is C23H31Cl2N7O3S. The highest BCUT2D eigenvalue weighted by Crippen LogP contribution is 2.33. The Balaban J connectivity index is 1.57. The number of amides is 3. The molecule has 0 atom stereocenters. The number of H-pyrrole nitrogens is 1. The van der Waals surface area contributed by atoms with E-state index in [-0.39, 0.29) is 41.7 Å². The van der Waals surface area contributed by atoms with Gasteiger partial charge in [0, 0.05) is 39.6 Å². The van der Waals surface area contributed by atoms with Crippen LogP contribution in [0.5, 0.6) is 0 Å². The topological polar surface area (TPSA) is 123 Å². The molecule has 0 radical (unpaired) electrons. The average Bonchev–Trinajstić information content (AvgIpc) is 3.48. The second-order valence-corrected chi connectivity index (χ2v) is 10.6. The summed E-state index contributed by atoms with van der Waals surface area (Å²) in [5.74, 6) is -1.04. The molecule has 3 N–H and O–H groups in total. The van der Waals surface area contributed by atoms with Crippen molar-refractivity contribution in [2.75, 3.05) is 33.0 Å². The minimum absolute atomic E-state index is 0.0328. The van der Waals surface area contributed by atoms with E-state index in [4.69, 9.17) is 23.2 Å². The Bertz CT molecular complexity index is 1150. The highest BCUT2D eigenvalue weighted by atomic mass is 35.5. The number of rotatable bonds is 8. The van der Waals surface area contributed by atoms with Crippen LogP contribution in [0.2, 0.25) is 5.02 Å². The first kappa shape index (κ1) is 27.9. The van der Waals surface area contributed by atoms with E-state index in [1.807, 2.05) is 21.0 Å². The maximum absolute atomic E-state index is 13.2. The number of hydrogen-bond donors (Lipinski definition) is 3. The van der Waals surface area contributed by atoms with E-state index in [2.05, 4.69) is 25.0 Å². The number of aryl methyl sites for hydroxylation is 1. The van der Waals surface area contributed by atoms with Crippen LogP contribution >= 0.6 is 34.7 Å². The van der Waals surface area contributed by atoms with Crippen LogP contribution in [0.1, 0.15) is 59.3 Å². The molecule has 2 aromatic heterocycles. The first-order chi connectivity index (χ1) is 17.0. The van der Waals surface area contributed by atoms with Crippen molar-refractivity contribution >= 4 is 57.5 Å². The Morgan fingerprint density at radius 2 is 1.86 bits per heavy atom. The van der Waals surface area contributed by atoms with Gasteiger partial charge < -0.3 is 25.4 Å². The van der Waals surface area contributed by atoms with Crippen molar-refractivity contribution in [2.45, 2.75) is 45.6 Å². The van der Waals surface area contributed by atoms with Crippen LogP contribution in [0.4, 0.5) is 5.00 Å². The molecule has 0 unspecified atom stereocenters. The standard InChI is InChI=1S/C23H31Cl2N7O3S/c1-12(19(25)31(3)4)10-26-21(34)17-18(28-11-27-17)23(35)32(5)15-8-6-14(7-9-15)20(33)29-22-16(24)13(2)30-36-22/h11,14-15H,6-10H2,1-5H3,(H,26,34)(H,27,28)(H,29,33). The van der Waals surface area contributed by atoms with E-state index in [0.29, 0.717) is 46.6 Å². The largest absolute Gasteiger partial charge is 0.368 e. The maximum atomic E-state index is 13.2. The van der Waals surface area contributed by atoms with Crippen molar-refractivity contribution in [1.29, 1.82) is 0 Å². The first-order valence-corrected chi connectivity index (χ1v) is 13.1. The van der Waals surface area contributed by atoms with E-state index < -0.39 is 5.91 Å². The van der Waals surface area contributed by atoms with Gasteiger partial charge in [0.25, 0.3) is 11.8 Å². The van der Waals surface area contributed by atoms with Crippen LogP contribution in [0.25, 0.3) is 0 Å². The van der Waals surface area contributed by atoms with Gasteiger partial charge in [-0.15, -0.1) is 0 Å². The lowest BCUT2D eigenvalue weighted by Gasteiger charge is -2.34. The van der Waals surface area contributed by atoms with Crippen LogP contribution in [-0.2, 0) is 4.79 Å². The van der Waals surface area contributed by atoms with Crippen molar-refractivity contribution in [3.05, 3.63) is 39.2 Å². The molecule has 2 heterocycles. The summed E-state index contributed by atoms with van der Waals surface area (Å²) in [7, 11) is 5.33. The predicted octanol–water partition coefficient (Wildman–Crippen LogP) is 3.86. The number of imidazole rings is 1. The number of nitrogens with zero attached hydrogens (tertiary/aromatic N) is 4. The fourth-order valence-electron chi connectivity index (χ4n) is 4.10. The molecule has 1 fully saturated rings. The number of nitrogens with one attached hydrogen (secondary N) is 3. The smallest absolute Gasteiger partial charge is 0.272 e. The molecule has 1 saturated carbocycles. The van der Waals surface area contributed by atoms with Crippen molar-refractivity contribution in [3.8, 4) is 0 Å². The Morgan fingerprint density at radius 1 is 1.19 bits per heavy atom. The molecule has 2 aromatic rings. The van der Waals surface area contributed by atoms with Crippen molar-refractivity contribution < 1.29 is 14.4 Å². The van der Waals surface area contributed by atoms with Crippen LogP contribution in [-0.4, -0.2) is 75.6 Å². The van der Waals surface area contributed by atoms with E-state index in [1.54, 1.807) is 23.8 Å². The zero-order valence-corrected chi connectivity index (χ0v) is 23.3.